The zero-order chi connectivity index (χ0) is 8.20. The van der Waals surface area contributed by atoms with Crippen molar-refractivity contribution < 1.29 is 0 Å². The number of hydrazine groups is 1. The van der Waals surface area contributed by atoms with Crippen LogP contribution < -0.4 is 5.84 Å². The largest absolute Gasteiger partial charge is 0.269 e. The maximum Gasteiger partial charge on any atom is 0.0125 e. The first-order valence-electron chi connectivity index (χ1n) is 3.88. The summed E-state index contributed by atoms with van der Waals surface area (Å²) in [6.07, 6.45) is 2.44. The molecule has 0 aliphatic heterocycles. The fourth-order valence-electron chi connectivity index (χ4n) is 0.859. The molecule has 0 amide bonds. The first kappa shape index (κ1) is 9.92. The highest BCUT2D eigenvalue weighted by Crippen LogP contribution is 2.19. The number of hydrogen-bond acceptors (Lipinski definition) is 2. The minimum atomic E-state index is 0.454. The maximum absolute atomic E-state index is 5.46. The number of nitrogens with zero attached hydrogens (tertiary/aromatic N) is 1. The van der Waals surface area contributed by atoms with E-state index in [-0.39, 0.29) is 0 Å². The van der Waals surface area contributed by atoms with E-state index in [1.165, 1.54) is 12.8 Å². The van der Waals surface area contributed by atoms with Crippen molar-refractivity contribution in [3.8, 4) is 0 Å². The van der Waals surface area contributed by atoms with Crippen LogP contribution in [0.5, 0.6) is 0 Å². The summed E-state index contributed by atoms with van der Waals surface area (Å²) in [7, 11) is 1.91. The molecule has 0 fully saturated rings. The Kier molecular flexibility index (Phi) is 3.91. The predicted molar refractivity (Wildman–Crippen MR) is 45.5 cm³/mol. The molecule has 0 saturated heterocycles. The summed E-state index contributed by atoms with van der Waals surface area (Å²) < 4.78 is 0. The van der Waals surface area contributed by atoms with E-state index >= 15 is 0 Å². The van der Waals surface area contributed by atoms with Gasteiger partial charge in [0.1, 0.15) is 0 Å². The van der Waals surface area contributed by atoms with E-state index < -0.39 is 0 Å². The van der Waals surface area contributed by atoms with Crippen molar-refractivity contribution in [2.24, 2.45) is 11.3 Å². The van der Waals surface area contributed by atoms with Gasteiger partial charge in [0.2, 0.25) is 0 Å². The molecule has 0 aromatic carbocycles. The molecule has 0 aromatic rings. The van der Waals surface area contributed by atoms with Crippen molar-refractivity contribution in [3.05, 3.63) is 0 Å². The third-order valence-corrected chi connectivity index (χ3v) is 1.44. The molecule has 0 atom stereocenters. The van der Waals surface area contributed by atoms with E-state index in [9.17, 15) is 0 Å². The van der Waals surface area contributed by atoms with Crippen molar-refractivity contribution in [2.75, 3.05) is 13.6 Å². The molecule has 0 bridgehead atoms. The van der Waals surface area contributed by atoms with Crippen molar-refractivity contribution in [3.63, 3.8) is 0 Å². The average molecular weight is 144 g/mol. The van der Waals surface area contributed by atoms with Gasteiger partial charge in [-0.3, -0.25) is 10.9 Å². The lowest BCUT2D eigenvalue weighted by molar-refractivity contribution is 0.294. The van der Waals surface area contributed by atoms with E-state index in [4.69, 9.17) is 5.84 Å². The number of nitrogens with two attached hydrogens (primary N) is 1. The molecule has 2 nitrogen and oxygen atoms in total. The van der Waals surface area contributed by atoms with Crippen LogP contribution in [-0.2, 0) is 0 Å². The Balaban J connectivity index is 3.21. The number of hydrogen-bond donors (Lipinski definition) is 1. The van der Waals surface area contributed by atoms with Gasteiger partial charge in [-0.15, -0.1) is 0 Å². The molecule has 62 valence electrons. The summed E-state index contributed by atoms with van der Waals surface area (Å²) in [5.41, 5.74) is 0.454. The molecule has 0 aliphatic carbocycles. The highest BCUT2D eigenvalue weighted by atomic mass is 15.4. The van der Waals surface area contributed by atoms with Gasteiger partial charge in [0.05, 0.1) is 0 Å². The third kappa shape index (κ3) is 7.92. The molecule has 0 heterocycles. The molecule has 2 heteroatoms. The Morgan fingerprint density at radius 1 is 1.30 bits per heavy atom. The van der Waals surface area contributed by atoms with Crippen LogP contribution in [0.25, 0.3) is 0 Å². The van der Waals surface area contributed by atoms with Crippen molar-refractivity contribution >= 4 is 0 Å². The van der Waals surface area contributed by atoms with Gasteiger partial charge in [0.25, 0.3) is 0 Å². The smallest absolute Gasteiger partial charge is 0.0125 e. The Morgan fingerprint density at radius 3 is 2.10 bits per heavy atom. The Morgan fingerprint density at radius 2 is 1.80 bits per heavy atom. The molecular weight excluding hydrogens is 124 g/mol. The quantitative estimate of drug-likeness (QED) is 0.482. The molecule has 0 rings (SSSR count). The third-order valence-electron chi connectivity index (χ3n) is 1.44. The zero-order valence-electron chi connectivity index (χ0n) is 7.65. The van der Waals surface area contributed by atoms with E-state index in [0.29, 0.717) is 5.41 Å². The monoisotopic (exact) mass is 144 g/mol. The zero-order valence-corrected chi connectivity index (χ0v) is 7.65. The van der Waals surface area contributed by atoms with Crippen LogP contribution in [0.15, 0.2) is 0 Å². The van der Waals surface area contributed by atoms with Gasteiger partial charge >= 0.3 is 0 Å². The van der Waals surface area contributed by atoms with Crippen molar-refractivity contribution in [1.82, 2.24) is 5.01 Å². The standard InChI is InChI=1S/C8H20N2/c1-8(2,3)6-5-7-10(4)9/h5-7,9H2,1-4H3. The lowest BCUT2D eigenvalue weighted by atomic mass is 9.91. The first-order chi connectivity index (χ1) is 4.42. The highest BCUT2D eigenvalue weighted by molar-refractivity contribution is 4.61. The Hall–Kier alpha value is -0.0800. The van der Waals surface area contributed by atoms with Gasteiger partial charge in [-0.2, -0.15) is 0 Å². The molecule has 0 aromatic heterocycles. The summed E-state index contributed by atoms with van der Waals surface area (Å²) in [5.74, 6) is 5.46. The van der Waals surface area contributed by atoms with Gasteiger partial charge in [-0.05, 0) is 18.3 Å². The minimum absolute atomic E-state index is 0.454. The topological polar surface area (TPSA) is 29.3 Å². The average Bonchev–Trinajstić information content (AvgIpc) is 1.59. The second-order valence-corrected chi connectivity index (χ2v) is 4.14. The lowest BCUT2D eigenvalue weighted by Gasteiger charge is -2.18. The van der Waals surface area contributed by atoms with Crippen LogP contribution in [0.2, 0.25) is 0 Å². The van der Waals surface area contributed by atoms with Crippen LogP contribution in [0.4, 0.5) is 0 Å². The van der Waals surface area contributed by atoms with E-state index in [0.717, 1.165) is 6.54 Å². The molecule has 0 spiro atoms. The maximum atomic E-state index is 5.46. The second-order valence-electron chi connectivity index (χ2n) is 4.14. The first-order valence-corrected chi connectivity index (χ1v) is 3.88. The molecule has 2 N–H and O–H groups in total. The van der Waals surface area contributed by atoms with Gasteiger partial charge in [-0.25, -0.2) is 0 Å². The van der Waals surface area contributed by atoms with Crippen molar-refractivity contribution in [1.29, 1.82) is 0 Å². The summed E-state index contributed by atoms with van der Waals surface area (Å²) in [6.45, 7) is 7.76. The minimum Gasteiger partial charge on any atom is -0.269 e. The van der Waals surface area contributed by atoms with Gasteiger partial charge in [-0.1, -0.05) is 20.8 Å². The fraction of sp³-hybridized carbons (Fsp3) is 1.00. The Bertz CT molecular complexity index is 81.7. The predicted octanol–water partition coefficient (Wildman–Crippen LogP) is 1.62. The summed E-state index contributed by atoms with van der Waals surface area (Å²) in [6, 6.07) is 0. The Labute approximate surface area is 64.4 Å². The van der Waals surface area contributed by atoms with Gasteiger partial charge in [0, 0.05) is 13.6 Å². The van der Waals surface area contributed by atoms with E-state index in [2.05, 4.69) is 20.8 Å². The van der Waals surface area contributed by atoms with Crippen LogP contribution in [0.3, 0.4) is 0 Å². The van der Waals surface area contributed by atoms with Crippen LogP contribution in [-0.4, -0.2) is 18.6 Å². The highest BCUT2D eigenvalue weighted by Gasteiger charge is 2.08. The molecule has 0 saturated carbocycles. The van der Waals surface area contributed by atoms with E-state index in [1.54, 1.807) is 5.01 Å². The summed E-state index contributed by atoms with van der Waals surface area (Å²) in [5, 5.41) is 1.74. The van der Waals surface area contributed by atoms with E-state index in [1.807, 2.05) is 7.05 Å². The molecular formula is C8H20N2. The second kappa shape index (κ2) is 3.94. The molecule has 0 unspecified atom stereocenters. The lowest BCUT2D eigenvalue weighted by Crippen LogP contribution is -2.27. The van der Waals surface area contributed by atoms with Crippen molar-refractivity contribution in [2.45, 2.75) is 33.6 Å². The molecule has 0 aliphatic rings. The normalized spacial score (nSPS) is 12.6. The summed E-state index contributed by atoms with van der Waals surface area (Å²) >= 11 is 0. The SMILES string of the molecule is CN(N)CCCC(C)(C)C. The fourth-order valence-corrected chi connectivity index (χ4v) is 0.859. The molecule has 10 heavy (non-hydrogen) atoms. The number of rotatable bonds is 3. The van der Waals surface area contributed by atoms with Gasteiger partial charge < -0.3 is 0 Å². The molecule has 0 radical (unpaired) electrons. The van der Waals surface area contributed by atoms with Crippen LogP contribution >= 0.6 is 0 Å². The van der Waals surface area contributed by atoms with Crippen LogP contribution in [0, 0.1) is 5.41 Å². The van der Waals surface area contributed by atoms with Gasteiger partial charge in [0.15, 0.2) is 0 Å². The van der Waals surface area contributed by atoms with Crippen LogP contribution in [0.1, 0.15) is 33.6 Å². The summed E-state index contributed by atoms with van der Waals surface area (Å²) in [4.78, 5) is 0.